The van der Waals surface area contributed by atoms with Gasteiger partial charge in [0.15, 0.2) is 0 Å². The number of nitrogens with zero attached hydrogens (tertiary/aromatic N) is 1. The summed E-state index contributed by atoms with van der Waals surface area (Å²) in [7, 11) is 0. The molecule has 5 nitrogen and oxygen atoms in total. The number of anilines is 1. The third kappa shape index (κ3) is 2.49. The SMILES string of the molecule is O=C(C=NO)Nc1ccccc1-c1c[nH]c2ccccc12. The fourth-order valence-corrected chi connectivity index (χ4v) is 2.34. The minimum Gasteiger partial charge on any atom is -0.411 e. The van der Waals surface area contributed by atoms with E-state index in [2.05, 4.69) is 15.5 Å². The van der Waals surface area contributed by atoms with Crippen molar-refractivity contribution in [3.63, 3.8) is 0 Å². The molecule has 104 valence electrons. The second kappa shape index (κ2) is 5.50. The Morgan fingerprint density at radius 3 is 2.71 bits per heavy atom. The lowest BCUT2D eigenvalue weighted by Gasteiger charge is -2.08. The lowest BCUT2D eigenvalue weighted by molar-refractivity contribution is -0.110. The van der Waals surface area contributed by atoms with Gasteiger partial charge in [0.05, 0.1) is 0 Å². The van der Waals surface area contributed by atoms with Crippen LogP contribution < -0.4 is 5.32 Å². The molecule has 1 heterocycles. The van der Waals surface area contributed by atoms with E-state index in [1.165, 1.54) is 0 Å². The van der Waals surface area contributed by atoms with Crippen LogP contribution in [0.3, 0.4) is 0 Å². The van der Waals surface area contributed by atoms with Crippen molar-refractivity contribution >= 4 is 28.7 Å². The molecule has 3 rings (SSSR count). The zero-order valence-electron chi connectivity index (χ0n) is 11.1. The standard InChI is InChI=1S/C16H13N3O2/c20-16(10-18-21)19-15-8-4-2-6-12(15)13-9-17-14-7-3-1-5-11(13)14/h1-10,17,21H,(H,19,20). The highest BCUT2D eigenvalue weighted by atomic mass is 16.4. The van der Waals surface area contributed by atoms with Crippen LogP contribution in [0.5, 0.6) is 0 Å². The van der Waals surface area contributed by atoms with Gasteiger partial charge in [-0.3, -0.25) is 4.79 Å². The number of fused-ring (bicyclic) bond motifs is 1. The summed E-state index contributed by atoms with van der Waals surface area (Å²) >= 11 is 0. The number of benzene rings is 2. The largest absolute Gasteiger partial charge is 0.411 e. The quantitative estimate of drug-likeness (QED) is 0.391. The number of nitrogens with one attached hydrogen (secondary N) is 2. The molecule has 1 amide bonds. The van der Waals surface area contributed by atoms with Gasteiger partial charge in [0.25, 0.3) is 5.91 Å². The molecule has 3 aromatic rings. The Hall–Kier alpha value is -3.08. The summed E-state index contributed by atoms with van der Waals surface area (Å²) in [5.41, 5.74) is 3.59. The van der Waals surface area contributed by atoms with E-state index in [9.17, 15) is 4.79 Å². The van der Waals surface area contributed by atoms with Crippen LogP contribution in [-0.4, -0.2) is 22.3 Å². The molecular formula is C16H13N3O2. The molecular weight excluding hydrogens is 266 g/mol. The molecule has 0 saturated carbocycles. The first-order chi connectivity index (χ1) is 10.3. The fraction of sp³-hybridized carbons (Fsp3) is 0. The minimum absolute atomic E-state index is 0.482. The Labute approximate surface area is 120 Å². The molecule has 0 aliphatic carbocycles. The number of rotatable bonds is 3. The number of carbonyl (C=O) groups excluding carboxylic acids is 1. The number of hydrogen-bond donors (Lipinski definition) is 3. The van der Waals surface area contributed by atoms with Crippen molar-refractivity contribution in [2.45, 2.75) is 0 Å². The Kier molecular flexibility index (Phi) is 3.39. The number of carbonyl (C=O) groups is 1. The van der Waals surface area contributed by atoms with Crippen molar-refractivity contribution in [3.05, 3.63) is 54.7 Å². The van der Waals surface area contributed by atoms with E-state index in [-0.39, 0.29) is 0 Å². The van der Waals surface area contributed by atoms with E-state index < -0.39 is 5.91 Å². The second-order valence-corrected chi connectivity index (χ2v) is 4.53. The summed E-state index contributed by atoms with van der Waals surface area (Å²) in [6, 6.07) is 15.4. The predicted octanol–water partition coefficient (Wildman–Crippen LogP) is 3.23. The first-order valence-electron chi connectivity index (χ1n) is 6.43. The van der Waals surface area contributed by atoms with Gasteiger partial charge in [-0.2, -0.15) is 0 Å². The van der Waals surface area contributed by atoms with Crippen LogP contribution in [0.25, 0.3) is 22.0 Å². The number of hydrogen-bond acceptors (Lipinski definition) is 3. The summed E-state index contributed by atoms with van der Waals surface area (Å²) in [6.07, 6.45) is 2.74. The van der Waals surface area contributed by atoms with Gasteiger partial charge in [0, 0.05) is 33.9 Å². The zero-order chi connectivity index (χ0) is 14.7. The summed E-state index contributed by atoms with van der Waals surface area (Å²) in [4.78, 5) is 14.8. The van der Waals surface area contributed by atoms with Gasteiger partial charge in [0.2, 0.25) is 0 Å². The molecule has 0 aliphatic rings. The van der Waals surface area contributed by atoms with Crippen molar-refractivity contribution in [3.8, 4) is 11.1 Å². The van der Waals surface area contributed by atoms with Gasteiger partial charge in [-0.1, -0.05) is 41.6 Å². The lowest BCUT2D eigenvalue weighted by atomic mass is 10.0. The molecule has 3 N–H and O–H groups in total. The first kappa shape index (κ1) is 12.9. The lowest BCUT2D eigenvalue weighted by Crippen LogP contribution is -2.13. The minimum atomic E-state index is -0.482. The van der Waals surface area contributed by atoms with Crippen LogP contribution in [0.4, 0.5) is 5.69 Å². The smallest absolute Gasteiger partial charge is 0.270 e. The molecule has 2 aromatic carbocycles. The van der Waals surface area contributed by atoms with Crippen molar-refractivity contribution in [1.29, 1.82) is 0 Å². The van der Waals surface area contributed by atoms with Gasteiger partial charge in [-0.25, -0.2) is 0 Å². The Morgan fingerprint density at radius 2 is 1.86 bits per heavy atom. The predicted molar refractivity (Wildman–Crippen MR) is 82.6 cm³/mol. The Morgan fingerprint density at radius 1 is 1.10 bits per heavy atom. The van der Waals surface area contributed by atoms with Crippen LogP contribution in [-0.2, 0) is 4.79 Å². The molecule has 0 spiro atoms. The second-order valence-electron chi connectivity index (χ2n) is 4.53. The maximum atomic E-state index is 11.6. The van der Waals surface area contributed by atoms with Crippen molar-refractivity contribution in [2.75, 3.05) is 5.32 Å². The molecule has 0 unspecified atom stereocenters. The molecule has 5 heteroatoms. The molecule has 0 fully saturated rings. The summed E-state index contributed by atoms with van der Waals surface area (Å²) in [5, 5.41) is 14.9. The number of aromatic nitrogens is 1. The van der Waals surface area contributed by atoms with Gasteiger partial charge < -0.3 is 15.5 Å². The fourth-order valence-electron chi connectivity index (χ4n) is 2.34. The topological polar surface area (TPSA) is 77.5 Å². The summed E-state index contributed by atoms with van der Waals surface area (Å²) in [5.74, 6) is -0.482. The molecule has 1 aromatic heterocycles. The van der Waals surface area contributed by atoms with Crippen LogP contribution in [0.15, 0.2) is 59.9 Å². The Bertz CT molecular complexity index is 821. The van der Waals surface area contributed by atoms with Gasteiger partial charge >= 0.3 is 0 Å². The molecule has 0 saturated heterocycles. The maximum Gasteiger partial charge on any atom is 0.270 e. The van der Waals surface area contributed by atoms with E-state index in [1.54, 1.807) is 6.07 Å². The van der Waals surface area contributed by atoms with Crippen molar-refractivity contribution in [1.82, 2.24) is 4.98 Å². The number of oxime groups is 1. The first-order valence-corrected chi connectivity index (χ1v) is 6.43. The third-order valence-corrected chi connectivity index (χ3v) is 3.24. The highest BCUT2D eigenvalue weighted by molar-refractivity contribution is 6.32. The van der Waals surface area contributed by atoms with Gasteiger partial charge in [-0.15, -0.1) is 0 Å². The monoisotopic (exact) mass is 279 g/mol. The average molecular weight is 279 g/mol. The number of amides is 1. The van der Waals surface area contributed by atoms with E-state index in [1.807, 2.05) is 48.7 Å². The van der Waals surface area contributed by atoms with E-state index >= 15 is 0 Å². The molecule has 0 bridgehead atoms. The summed E-state index contributed by atoms with van der Waals surface area (Å²) in [6.45, 7) is 0. The van der Waals surface area contributed by atoms with E-state index in [0.717, 1.165) is 28.2 Å². The zero-order valence-corrected chi connectivity index (χ0v) is 11.1. The van der Waals surface area contributed by atoms with Crippen LogP contribution in [0.1, 0.15) is 0 Å². The number of para-hydroxylation sites is 2. The highest BCUT2D eigenvalue weighted by Crippen LogP contribution is 2.33. The third-order valence-electron chi connectivity index (χ3n) is 3.24. The molecule has 0 aliphatic heterocycles. The molecule has 0 atom stereocenters. The molecule has 21 heavy (non-hydrogen) atoms. The maximum absolute atomic E-state index is 11.6. The molecule has 0 radical (unpaired) electrons. The number of H-pyrrole nitrogens is 1. The Balaban J connectivity index is 2.08. The highest BCUT2D eigenvalue weighted by Gasteiger charge is 2.11. The number of aromatic amines is 1. The normalized spacial score (nSPS) is 11.0. The van der Waals surface area contributed by atoms with E-state index in [0.29, 0.717) is 5.69 Å². The van der Waals surface area contributed by atoms with Gasteiger partial charge in [-0.05, 0) is 12.1 Å². The van der Waals surface area contributed by atoms with Crippen LogP contribution in [0, 0.1) is 0 Å². The van der Waals surface area contributed by atoms with Gasteiger partial charge in [0.1, 0.15) is 6.21 Å². The van der Waals surface area contributed by atoms with Crippen LogP contribution in [0.2, 0.25) is 0 Å². The van der Waals surface area contributed by atoms with E-state index in [4.69, 9.17) is 5.21 Å². The van der Waals surface area contributed by atoms with Crippen LogP contribution >= 0.6 is 0 Å². The van der Waals surface area contributed by atoms with Crippen molar-refractivity contribution in [2.24, 2.45) is 5.16 Å². The summed E-state index contributed by atoms with van der Waals surface area (Å²) < 4.78 is 0. The average Bonchev–Trinajstić information content (AvgIpc) is 2.92. The van der Waals surface area contributed by atoms with Crippen molar-refractivity contribution < 1.29 is 10.0 Å².